The van der Waals surface area contributed by atoms with E-state index in [4.69, 9.17) is 0 Å². The van der Waals surface area contributed by atoms with Crippen molar-refractivity contribution in [1.29, 1.82) is 0 Å². The first-order valence-electron chi connectivity index (χ1n) is 7.86. The van der Waals surface area contributed by atoms with Gasteiger partial charge in [0.25, 0.3) is 0 Å². The summed E-state index contributed by atoms with van der Waals surface area (Å²) in [6.07, 6.45) is 7.99. The van der Waals surface area contributed by atoms with Gasteiger partial charge in [-0.1, -0.05) is 58.5 Å². The van der Waals surface area contributed by atoms with E-state index in [-0.39, 0.29) is 5.04 Å². The molecule has 1 fully saturated rings. The van der Waals surface area contributed by atoms with Crippen LogP contribution in [0.15, 0.2) is 0 Å². The van der Waals surface area contributed by atoms with E-state index in [2.05, 4.69) is 20.8 Å². The molecule has 1 aliphatic rings. The molecule has 0 spiro atoms. The topological polar surface area (TPSA) is 37.3 Å². The lowest BCUT2D eigenvalue weighted by Gasteiger charge is -2.41. The van der Waals surface area contributed by atoms with Gasteiger partial charge in [-0.3, -0.25) is 4.79 Å². The highest BCUT2D eigenvalue weighted by molar-refractivity contribution is 6.66. The Kier molecular flexibility index (Phi) is 6.40. The standard InChI is InChI=1S/C15H30O2Si/c1-4-7-12-15(14(16)17,18(5-2)6-3)13-10-8-9-11-13/h13,18H,4-12H2,1-3H3,(H,16,17). The van der Waals surface area contributed by atoms with Crippen LogP contribution >= 0.6 is 0 Å². The molecule has 106 valence electrons. The van der Waals surface area contributed by atoms with E-state index in [1.807, 2.05) is 0 Å². The van der Waals surface area contributed by atoms with Crippen molar-refractivity contribution in [2.45, 2.75) is 82.8 Å². The van der Waals surface area contributed by atoms with Crippen molar-refractivity contribution in [3.05, 3.63) is 0 Å². The monoisotopic (exact) mass is 270 g/mol. The van der Waals surface area contributed by atoms with Crippen molar-refractivity contribution in [2.75, 3.05) is 0 Å². The number of hydrogen-bond acceptors (Lipinski definition) is 1. The molecule has 0 radical (unpaired) electrons. The number of hydrogen-bond donors (Lipinski definition) is 1. The minimum atomic E-state index is -1.19. The largest absolute Gasteiger partial charge is 0.481 e. The average molecular weight is 270 g/mol. The lowest BCUT2D eigenvalue weighted by Crippen LogP contribution is -2.43. The molecule has 0 aliphatic heterocycles. The zero-order chi connectivity index (χ0) is 13.6. The van der Waals surface area contributed by atoms with Crippen LogP contribution in [-0.4, -0.2) is 19.9 Å². The summed E-state index contributed by atoms with van der Waals surface area (Å²) in [5, 5.41) is 9.68. The van der Waals surface area contributed by atoms with Gasteiger partial charge in [0.05, 0.1) is 13.8 Å². The summed E-state index contributed by atoms with van der Waals surface area (Å²) >= 11 is 0. The van der Waals surface area contributed by atoms with Gasteiger partial charge < -0.3 is 5.11 Å². The van der Waals surface area contributed by atoms with E-state index >= 15 is 0 Å². The Hall–Kier alpha value is -0.313. The summed E-state index contributed by atoms with van der Waals surface area (Å²) in [6, 6.07) is 2.28. The predicted molar refractivity (Wildman–Crippen MR) is 79.9 cm³/mol. The second-order valence-electron chi connectivity index (χ2n) is 5.94. The molecule has 2 nitrogen and oxygen atoms in total. The van der Waals surface area contributed by atoms with Crippen molar-refractivity contribution >= 4 is 14.8 Å². The molecule has 1 atom stereocenters. The van der Waals surface area contributed by atoms with Gasteiger partial charge in [-0.2, -0.15) is 0 Å². The van der Waals surface area contributed by atoms with Gasteiger partial charge in [-0.15, -0.1) is 0 Å². The number of unbranched alkanes of at least 4 members (excludes halogenated alkanes) is 1. The Morgan fingerprint density at radius 1 is 1.22 bits per heavy atom. The molecular weight excluding hydrogens is 240 g/mol. The second kappa shape index (κ2) is 7.32. The molecule has 1 saturated carbocycles. The van der Waals surface area contributed by atoms with Gasteiger partial charge >= 0.3 is 5.97 Å². The molecule has 0 heterocycles. The van der Waals surface area contributed by atoms with Crippen molar-refractivity contribution in [2.24, 2.45) is 5.92 Å². The molecule has 0 aromatic carbocycles. The SMILES string of the molecule is CCCCC(C(=O)O)(C1CCCC1)[SiH](CC)CC. The smallest absolute Gasteiger partial charge is 0.306 e. The molecule has 1 rings (SSSR count). The van der Waals surface area contributed by atoms with Crippen LogP contribution in [-0.2, 0) is 4.79 Å². The van der Waals surface area contributed by atoms with Gasteiger partial charge in [0.2, 0.25) is 0 Å². The first-order chi connectivity index (χ1) is 8.63. The van der Waals surface area contributed by atoms with Gasteiger partial charge in [0, 0.05) is 0 Å². The zero-order valence-electron chi connectivity index (χ0n) is 12.4. The molecule has 0 saturated heterocycles. The van der Waals surface area contributed by atoms with Crippen LogP contribution < -0.4 is 0 Å². The summed E-state index contributed by atoms with van der Waals surface area (Å²) in [5.74, 6) is 0.0290. The molecule has 0 bridgehead atoms. The van der Waals surface area contributed by atoms with Crippen molar-refractivity contribution in [3.63, 3.8) is 0 Å². The highest BCUT2D eigenvalue weighted by Crippen LogP contribution is 2.53. The molecule has 1 unspecified atom stereocenters. The third-order valence-corrected chi connectivity index (χ3v) is 9.58. The Morgan fingerprint density at radius 2 is 1.78 bits per heavy atom. The van der Waals surface area contributed by atoms with Gasteiger partial charge in [-0.05, 0) is 25.2 Å². The lowest BCUT2D eigenvalue weighted by atomic mass is 9.85. The molecule has 0 aromatic rings. The van der Waals surface area contributed by atoms with E-state index in [1.165, 1.54) is 25.7 Å². The normalized spacial score (nSPS) is 20.2. The summed E-state index contributed by atoms with van der Waals surface area (Å²) in [4.78, 5) is 12.1. The summed E-state index contributed by atoms with van der Waals surface area (Å²) < 4.78 is 0. The summed E-state index contributed by atoms with van der Waals surface area (Å²) in [7, 11) is -1.19. The molecule has 3 heteroatoms. The van der Waals surface area contributed by atoms with Crippen LogP contribution in [0.5, 0.6) is 0 Å². The van der Waals surface area contributed by atoms with Crippen LogP contribution in [0.25, 0.3) is 0 Å². The quantitative estimate of drug-likeness (QED) is 0.661. The maximum atomic E-state index is 12.1. The number of carboxylic acid groups (broad SMARTS) is 1. The summed E-state index contributed by atoms with van der Waals surface area (Å²) in [6.45, 7) is 6.62. The Morgan fingerprint density at radius 3 is 2.17 bits per heavy atom. The van der Waals surface area contributed by atoms with Crippen LogP contribution in [0.3, 0.4) is 0 Å². The minimum absolute atomic E-state index is 0.296. The van der Waals surface area contributed by atoms with Crippen molar-refractivity contribution < 1.29 is 9.90 Å². The van der Waals surface area contributed by atoms with Crippen LogP contribution in [0.2, 0.25) is 17.1 Å². The Labute approximate surface area is 114 Å². The molecule has 0 amide bonds. The maximum absolute atomic E-state index is 12.1. The zero-order valence-corrected chi connectivity index (χ0v) is 13.5. The minimum Gasteiger partial charge on any atom is -0.481 e. The third kappa shape index (κ3) is 2.98. The average Bonchev–Trinajstić information content (AvgIpc) is 2.88. The molecule has 0 aromatic heterocycles. The first-order valence-corrected chi connectivity index (χ1v) is 10.1. The fourth-order valence-electron chi connectivity index (χ4n) is 4.13. The van der Waals surface area contributed by atoms with Crippen LogP contribution in [0.4, 0.5) is 0 Å². The van der Waals surface area contributed by atoms with E-state index < -0.39 is 14.8 Å². The van der Waals surface area contributed by atoms with E-state index in [0.717, 1.165) is 31.4 Å². The van der Waals surface area contributed by atoms with Gasteiger partial charge in [0.1, 0.15) is 0 Å². The predicted octanol–water partition coefficient (Wildman–Crippen LogP) is 4.46. The van der Waals surface area contributed by atoms with Crippen molar-refractivity contribution in [3.8, 4) is 0 Å². The Bertz CT molecular complexity index is 253. The Balaban J connectivity index is 3.03. The van der Waals surface area contributed by atoms with E-state index in [9.17, 15) is 9.90 Å². The number of rotatable bonds is 8. The molecular formula is C15H30O2Si. The fourth-order valence-corrected chi connectivity index (χ4v) is 8.12. The van der Waals surface area contributed by atoms with E-state index in [1.54, 1.807) is 0 Å². The molecule has 18 heavy (non-hydrogen) atoms. The third-order valence-electron chi connectivity index (χ3n) is 5.14. The van der Waals surface area contributed by atoms with Crippen LogP contribution in [0.1, 0.15) is 65.7 Å². The molecule has 1 N–H and O–H groups in total. The number of aliphatic carboxylic acids is 1. The lowest BCUT2D eigenvalue weighted by molar-refractivity contribution is -0.143. The molecule has 1 aliphatic carbocycles. The fraction of sp³-hybridized carbons (Fsp3) is 0.933. The highest BCUT2D eigenvalue weighted by atomic mass is 28.3. The van der Waals surface area contributed by atoms with Crippen LogP contribution in [0, 0.1) is 5.92 Å². The highest BCUT2D eigenvalue weighted by Gasteiger charge is 2.50. The van der Waals surface area contributed by atoms with Gasteiger partial charge in [0.15, 0.2) is 0 Å². The second-order valence-corrected chi connectivity index (χ2v) is 10.0. The number of carboxylic acids is 1. The van der Waals surface area contributed by atoms with E-state index in [0.29, 0.717) is 5.92 Å². The maximum Gasteiger partial charge on any atom is 0.306 e. The summed E-state index contributed by atoms with van der Waals surface area (Å²) in [5.41, 5.74) is 0. The van der Waals surface area contributed by atoms with Gasteiger partial charge in [-0.25, -0.2) is 0 Å². The van der Waals surface area contributed by atoms with Crippen molar-refractivity contribution in [1.82, 2.24) is 0 Å². The number of carbonyl (C=O) groups is 1. The first kappa shape index (κ1) is 15.7.